The third-order valence-electron chi connectivity index (χ3n) is 5.53. The van der Waals surface area contributed by atoms with Crippen molar-refractivity contribution in [1.82, 2.24) is 10.2 Å². The monoisotopic (exact) mass is 571 g/mol. The molecular weight excluding hydrogens is 542 g/mol. The zero-order valence-electron chi connectivity index (χ0n) is 20.0. The molecule has 0 bridgehead atoms. The van der Waals surface area contributed by atoms with E-state index in [0.29, 0.717) is 16.3 Å². The number of hydrogen-bond acceptors (Lipinski definition) is 4. The first-order valence-electron chi connectivity index (χ1n) is 10.9. The van der Waals surface area contributed by atoms with Crippen LogP contribution in [0, 0.1) is 6.92 Å². The fraction of sp³-hybridized carbons (Fsp3) is 0.417. The van der Waals surface area contributed by atoms with E-state index in [2.05, 4.69) is 21.2 Å². The number of aryl methyl sites for hydroxylation is 1. The summed E-state index contributed by atoms with van der Waals surface area (Å²) in [7, 11) is -3.82. The number of nitrogens with zero attached hydrogens (tertiary/aromatic N) is 2. The number of carbonyl (C=O) groups excluding carboxylic acids is 2. The van der Waals surface area contributed by atoms with Crippen LogP contribution in [0.5, 0.6) is 0 Å². The Morgan fingerprint density at radius 2 is 1.82 bits per heavy atom. The largest absolute Gasteiger partial charge is 0.352 e. The molecule has 2 amide bonds. The van der Waals surface area contributed by atoms with Crippen LogP contribution in [0.4, 0.5) is 5.69 Å². The van der Waals surface area contributed by atoms with Crippen molar-refractivity contribution in [3.05, 3.63) is 63.1 Å². The van der Waals surface area contributed by atoms with E-state index in [0.717, 1.165) is 27.0 Å². The van der Waals surface area contributed by atoms with E-state index in [9.17, 15) is 18.0 Å². The van der Waals surface area contributed by atoms with Gasteiger partial charge in [0.25, 0.3) is 0 Å². The molecule has 0 saturated heterocycles. The SMILES string of the molecule is CCC(C)NC(=O)C(C)N(Cc1cccc(Br)c1)C(=O)CN(c1cc(Cl)ccc1C)S(C)(=O)=O. The molecular formula is C24H31BrClN3O4S. The second-order valence-corrected chi connectivity index (χ2v) is 11.6. The number of amides is 2. The Morgan fingerprint density at radius 1 is 1.15 bits per heavy atom. The van der Waals surface area contributed by atoms with Gasteiger partial charge in [-0.25, -0.2) is 8.42 Å². The lowest BCUT2D eigenvalue weighted by Crippen LogP contribution is -2.52. The molecule has 2 atom stereocenters. The number of carbonyl (C=O) groups is 2. The summed E-state index contributed by atoms with van der Waals surface area (Å²) in [5, 5.41) is 3.26. The van der Waals surface area contributed by atoms with E-state index in [4.69, 9.17) is 11.6 Å². The van der Waals surface area contributed by atoms with Gasteiger partial charge in [-0.3, -0.25) is 13.9 Å². The Bertz CT molecular complexity index is 1140. The average Bonchev–Trinajstić information content (AvgIpc) is 2.76. The van der Waals surface area contributed by atoms with E-state index in [1.807, 2.05) is 38.1 Å². The maximum Gasteiger partial charge on any atom is 0.244 e. The molecule has 1 N–H and O–H groups in total. The van der Waals surface area contributed by atoms with Gasteiger partial charge in [0.15, 0.2) is 0 Å². The van der Waals surface area contributed by atoms with E-state index in [-0.39, 0.29) is 18.5 Å². The summed E-state index contributed by atoms with van der Waals surface area (Å²) in [4.78, 5) is 27.9. The average molecular weight is 573 g/mol. The standard InChI is InChI=1S/C24H31BrClN3O4S/c1-6-17(3)27-24(31)18(4)28(14-19-8-7-9-20(25)12-19)23(30)15-29(34(5,32)33)22-13-21(26)11-10-16(22)2/h7-13,17-18H,6,14-15H2,1-5H3,(H,27,31). The van der Waals surface area contributed by atoms with Gasteiger partial charge in [-0.05, 0) is 62.6 Å². The molecule has 10 heteroatoms. The molecule has 2 aromatic carbocycles. The number of nitrogens with one attached hydrogen (secondary N) is 1. The number of sulfonamides is 1. The lowest BCUT2D eigenvalue weighted by molar-refractivity contribution is -0.139. The Balaban J connectivity index is 2.43. The quantitative estimate of drug-likeness (QED) is 0.454. The summed E-state index contributed by atoms with van der Waals surface area (Å²) in [5.74, 6) is -0.806. The minimum absolute atomic E-state index is 0.0561. The number of rotatable bonds is 10. The first-order valence-corrected chi connectivity index (χ1v) is 13.9. The molecule has 34 heavy (non-hydrogen) atoms. The molecule has 0 radical (unpaired) electrons. The van der Waals surface area contributed by atoms with Crippen molar-refractivity contribution in [1.29, 1.82) is 0 Å². The van der Waals surface area contributed by atoms with Gasteiger partial charge < -0.3 is 10.2 Å². The van der Waals surface area contributed by atoms with E-state index < -0.39 is 28.5 Å². The van der Waals surface area contributed by atoms with Gasteiger partial charge in [0.2, 0.25) is 21.8 Å². The normalized spacial score (nSPS) is 13.1. The highest BCUT2D eigenvalue weighted by Crippen LogP contribution is 2.27. The van der Waals surface area contributed by atoms with Crippen molar-refractivity contribution < 1.29 is 18.0 Å². The van der Waals surface area contributed by atoms with Crippen LogP contribution in [0.3, 0.4) is 0 Å². The van der Waals surface area contributed by atoms with Gasteiger partial charge in [0.05, 0.1) is 11.9 Å². The molecule has 186 valence electrons. The minimum atomic E-state index is -3.82. The van der Waals surface area contributed by atoms with Crippen LogP contribution in [-0.2, 0) is 26.2 Å². The van der Waals surface area contributed by atoms with Gasteiger partial charge in [-0.1, -0.05) is 52.7 Å². The highest BCUT2D eigenvalue weighted by Gasteiger charge is 2.31. The van der Waals surface area contributed by atoms with Gasteiger partial charge in [0.1, 0.15) is 12.6 Å². The maximum atomic E-state index is 13.6. The van der Waals surface area contributed by atoms with Crippen molar-refractivity contribution in [2.75, 3.05) is 17.1 Å². The molecule has 0 aliphatic heterocycles. The second-order valence-electron chi connectivity index (χ2n) is 8.35. The second kappa shape index (κ2) is 12.0. The van der Waals surface area contributed by atoms with Crippen LogP contribution < -0.4 is 9.62 Å². The predicted molar refractivity (Wildman–Crippen MR) is 140 cm³/mol. The van der Waals surface area contributed by atoms with Crippen LogP contribution in [0.25, 0.3) is 0 Å². The fourth-order valence-electron chi connectivity index (χ4n) is 3.33. The van der Waals surface area contributed by atoms with Gasteiger partial charge in [0, 0.05) is 22.1 Å². The molecule has 2 unspecified atom stereocenters. The first kappa shape index (κ1) is 28.1. The molecule has 0 aliphatic rings. The van der Waals surface area contributed by atoms with E-state index in [1.165, 1.54) is 11.0 Å². The smallest absolute Gasteiger partial charge is 0.244 e. The van der Waals surface area contributed by atoms with E-state index in [1.54, 1.807) is 26.0 Å². The minimum Gasteiger partial charge on any atom is -0.352 e. The molecule has 0 fully saturated rings. The lowest BCUT2D eigenvalue weighted by Gasteiger charge is -2.32. The van der Waals surface area contributed by atoms with Gasteiger partial charge >= 0.3 is 0 Å². The third kappa shape index (κ3) is 7.71. The van der Waals surface area contributed by atoms with Crippen molar-refractivity contribution >= 4 is 55.1 Å². The maximum absolute atomic E-state index is 13.6. The summed E-state index contributed by atoms with van der Waals surface area (Å²) >= 11 is 9.54. The highest BCUT2D eigenvalue weighted by molar-refractivity contribution is 9.10. The number of benzene rings is 2. The summed E-state index contributed by atoms with van der Waals surface area (Å²) in [6, 6.07) is 11.4. The molecule has 0 saturated carbocycles. The van der Waals surface area contributed by atoms with Crippen molar-refractivity contribution in [3.8, 4) is 0 Å². The Hall–Kier alpha value is -2.10. The molecule has 7 nitrogen and oxygen atoms in total. The molecule has 2 aromatic rings. The van der Waals surface area contributed by atoms with Crippen molar-refractivity contribution in [2.24, 2.45) is 0 Å². The lowest BCUT2D eigenvalue weighted by atomic mass is 10.1. The van der Waals surface area contributed by atoms with Gasteiger partial charge in [-0.2, -0.15) is 0 Å². The number of hydrogen-bond donors (Lipinski definition) is 1. The van der Waals surface area contributed by atoms with Crippen LogP contribution in [0.2, 0.25) is 5.02 Å². The topological polar surface area (TPSA) is 86.8 Å². The summed E-state index contributed by atoms with van der Waals surface area (Å²) in [6.45, 7) is 6.91. The van der Waals surface area contributed by atoms with Crippen LogP contribution in [-0.4, -0.2) is 50.0 Å². The first-order chi connectivity index (χ1) is 15.8. The summed E-state index contributed by atoms with van der Waals surface area (Å²) < 4.78 is 27.2. The van der Waals surface area contributed by atoms with E-state index >= 15 is 0 Å². The molecule has 0 spiro atoms. The Morgan fingerprint density at radius 3 is 2.41 bits per heavy atom. The number of halogens is 2. The predicted octanol–water partition coefficient (Wildman–Crippen LogP) is 4.51. The van der Waals surface area contributed by atoms with Gasteiger partial charge in [-0.15, -0.1) is 0 Å². The summed E-state index contributed by atoms with van der Waals surface area (Å²) in [6.07, 6.45) is 1.78. The van der Waals surface area contributed by atoms with Crippen LogP contribution in [0.1, 0.15) is 38.3 Å². The molecule has 0 heterocycles. The number of anilines is 1. The van der Waals surface area contributed by atoms with Crippen LogP contribution in [0.15, 0.2) is 46.9 Å². The molecule has 0 aliphatic carbocycles. The summed E-state index contributed by atoms with van der Waals surface area (Å²) in [5.41, 5.74) is 1.78. The molecule has 0 aromatic heterocycles. The van der Waals surface area contributed by atoms with Crippen molar-refractivity contribution in [3.63, 3.8) is 0 Å². The Labute approximate surface area is 215 Å². The zero-order valence-corrected chi connectivity index (χ0v) is 23.2. The Kier molecular flexibility index (Phi) is 9.96. The highest BCUT2D eigenvalue weighted by atomic mass is 79.9. The third-order valence-corrected chi connectivity index (χ3v) is 7.38. The van der Waals surface area contributed by atoms with Crippen molar-refractivity contribution in [2.45, 2.75) is 52.7 Å². The zero-order chi connectivity index (χ0) is 25.6. The van der Waals surface area contributed by atoms with Crippen LogP contribution >= 0.6 is 27.5 Å². The molecule has 2 rings (SSSR count). The fourth-order valence-corrected chi connectivity index (χ4v) is 4.84.